The van der Waals surface area contributed by atoms with Gasteiger partial charge in [-0.2, -0.15) is 4.31 Å². The first-order valence-electron chi connectivity index (χ1n) is 10.3. The third-order valence-corrected chi connectivity index (χ3v) is 7.53. The summed E-state index contributed by atoms with van der Waals surface area (Å²) in [6, 6.07) is 16.4. The SMILES string of the molecule is CC(C)c1ccc(S(=O)(=O)N2CCN(C(C(=O)N(C)C)c3ccccc3)CC2)cc1. The number of rotatable bonds is 6. The Balaban J connectivity index is 1.75. The molecule has 7 heteroatoms. The molecular formula is C23H31N3O3S. The van der Waals surface area contributed by atoms with Gasteiger partial charge in [-0.05, 0) is 29.2 Å². The number of hydrogen-bond acceptors (Lipinski definition) is 4. The zero-order valence-corrected chi connectivity index (χ0v) is 19.0. The molecule has 1 unspecified atom stereocenters. The van der Waals surface area contributed by atoms with Gasteiger partial charge in [0.25, 0.3) is 0 Å². The molecule has 1 saturated heterocycles. The van der Waals surface area contributed by atoms with Crippen LogP contribution < -0.4 is 0 Å². The summed E-state index contributed by atoms with van der Waals surface area (Å²) in [5, 5.41) is 0. The summed E-state index contributed by atoms with van der Waals surface area (Å²) in [5.41, 5.74) is 2.04. The van der Waals surface area contributed by atoms with Gasteiger partial charge >= 0.3 is 0 Å². The molecule has 1 amide bonds. The first-order valence-corrected chi connectivity index (χ1v) is 11.8. The van der Waals surface area contributed by atoms with Crippen LogP contribution in [0.4, 0.5) is 0 Å². The lowest BCUT2D eigenvalue weighted by molar-refractivity contribution is -0.135. The van der Waals surface area contributed by atoms with Gasteiger partial charge in [0.2, 0.25) is 15.9 Å². The summed E-state index contributed by atoms with van der Waals surface area (Å²) in [7, 11) is -0.0439. The number of benzene rings is 2. The van der Waals surface area contributed by atoms with Crippen LogP contribution in [0.1, 0.15) is 36.9 Å². The Kier molecular flexibility index (Phi) is 6.95. The summed E-state index contributed by atoms with van der Waals surface area (Å²) in [6.07, 6.45) is 0. The summed E-state index contributed by atoms with van der Waals surface area (Å²) in [4.78, 5) is 16.9. The van der Waals surface area contributed by atoms with E-state index in [1.807, 2.05) is 42.5 Å². The fraction of sp³-hybridized carbons (Fsp3) is 0.435. The monoisotopic (exact) mass is 429 g/mol. The number of carbonyl (C=O) groups excluding carboxylic acids is 1. The van der Waals surface area contributed by atoms with Gasteiger partial charge in [0, 0.05) is 40.3 Å². The Labute approximate surface area is 180 Å². The van der Waals surface area contributed by atoms with Crippen LogP contribution in [-0.2, 0) is 14.8 Å². The second-order valence-corrected chi connectivity index (χ2v) is 10.1. The fourth-order valence-electron chi connectivity index (χ4n) is 3.77. The van der Waals surface area contributed by atoms with E-state index in [4.69, 9.17) is 0 Å². The van der Waals surface area contributed by atoms with E-state index in [-0.39, 0.29) is 5.91 Å². The number of sulfonamides is 1. The molecule has 162 valence electrons. The van der Waals surface area contributed by atoms with E-state index in [2.05, 4.69) is 18.7 Å². The van der Waals surface area contributed by atoms with E-state index in [9.17, 15) is 13.2 Å². The lowest BCUT2D eigenvalue weighted by atomic mass is 10.0. The Morgan fingerprint density at radius 1 is 0.867 bits per heavy atom. The van der Waals surface area contributed by atoms with Crippen molar-refractivity contribution < 1.29 is 13.2 Å². The fourth-order valence-corrected chi connectivity index (χ4v) is 5.19. The molecular weight excluding hydrogens is 398 g/mol. The van der Waals surface area contributed by atoms with Gasteiger partial charge < -0.3 is 4.90 Å². The van der Waals surface area contributed by atoms with Crippen LogP contribution in [0.3, 0.4) is 0 Å². The molecule has 3 rings (SSSR count). The first kappa shape index (κ1) is 22.5. The predicted octanol–water partition coefficient (Wildman–Crippen LogP) is 2.95. The zero-order chi connectivity index (χ0) is 21.9. The highest BCUT2D eigenvalue weighted by Crippen LogP contribution is 2.26. The van der Waals surface area contributed by atoms with Crippen LogP contribution in [-0.4, -0.2) is 68.7 Å². The van der Waals surface area contributed by atoms with E-state index in [0.717, 1.165) is 11.1 Å². The predicted molar refractivity (Wildman–Crippen MR) is 119 cm³/mol. The lowest BCUT2D eigenvalue weighted by Gasteiger charge is -2.39. The largest absolute Gasteiger partial charge is 0.347 e. The van der Waals surface area contributed by atoms with Crippen LogP contribution >= 0.6 is 0 Å². The molecule has 1 aliphatic rings. The Morgan fingerprint density at radius 3 is 1.93 bits per heavy atom. The lowest BCUT2D eigenvalue weighted by Crippen LogP contribution is -2.52. The van der Waals surface area contributed by atoms with Crippen molar-refractivity contribution >= 4 is 15.9 Å². The number of piperazine rings is 1. The van der Waals surface area contributed by atoms with Crippen LogP contribution in [0.5, 0.6) is 0 Å². The normalized spacial score (nSPS) is 17.1. The maximum atomic E-state index is 13.1. The van der Waals surface area contributed by atoms with Crippen molar-refractivity contribution in [3.63, 3.8) is 0 Å². The van der Waals surface area contributed by atoms with Crippen molar-refractivity contribution in [3.8, 4) is 0 Å². The molecule has 0 aliphatic carbocycles. The van der Waals surface area contributed by atoms with Gasteiger partial charge in [-0.1, -0.05) is 56.3 Å². The van der Waals surface area contributed by atoms with Crippen molar-refractivity contribution in [2.75, 3.05) is 40.3 Å². The van der Waals surface area contributed by atoms with Gasteiger partial charge in [0.15, 0.2) is 0 Å². The van der Waals surface area contributed by atoms with E-state index in [1.165, 1.54) is 4.31 Å². The van der Waals surface area contributed by atoms with Crippen molar-refractivity contribution in [2.24, 2.45) is 0 Å². The molecule has 0 spiro atoms. The molecule has 0 bridgehead atoms. The standard InChI is InChI=1S/C23H31N3O3S/c1-18(2)19-10-12-21(13-11-19)30(28,29)26-16-14-25(15-17-26)22(23(27)24(3)4)20-8-6-5-7-9-20/h5-13,18,22H,14-17H2,1-4H3. The molecule has 6 nitrogen and oxygen atoms in total. The summed E-state index contributed by atoms with van der Waals surface area (Å²) >= 11 is 0. The quantitative estimate of drug-likeness (QED) is 0.708. The van der Waals surface area contributed by atoms with Gasteiger partial charge in [0.1, 0.15) is 6.04 Å². The summed E-state index contributed by atoms with van der Waals surface area (Å²) in [6.45, 7) is 5.89. The van der Waals surface area contributed by atoms with Crippen LogP contribution in [0.25, 0.3) is 0 Å². The van der Waals surface area contributed by atoms with E-state index < -0.39 is 16.1 Å². The Hall–Kier alpha value is -2.22. The van der Waals surface area contributed by atoms with E-state index in [0.29, 0.717) is 37.0 Å². The van der Waals surface area contributed by atoms with Gasteiger partial charge in [-0.25, -0.2) is 8.42 Å². The molecule has 2 aromatic carbocycles. The topological polar surface area (TPSA) is 60.9 Å². The van der Waals surface area contributed by atoms with Crippen LogP contribution in [0, 0.1) is 0 Å². The average molecular weight is 430 g/mol. The Bertz CT molecular complexity index is 949. The second kappa shape index (κ2) is 9.29. The van der Waals surface area contributed by atoms with Gasteiger partial charge in [-0.15, -0.1) is 0 Å². The minimum absolute atomic E-state index is 0.00165. The minimum Gasteiger partial charge on any atom is -0.347 e. The van der Waals surface area contributed by atoms with Crippen molar-refractivity contribution in [3.05, 3.63) is 65.7 Å². The van der Waals surface area contributed by atoms with Crippen LogP contribution in [0.2, 0.25) is 0 Å². The molecule has 30 heavy (non-hydrogen) atoms. The van der Waals surface area contributed by atoms with Gasteiger partial charge in [0.05, 0.1) is 4.90 Å². The average Bonchev–Trinajstić information content (AvgIpc) is 2.75. The molecule has 0 radical (unpaired) electrons. The van der Waals surface area contributed by atoms with Crippen molar-refractivity contribution in [1.82, 2.24) is 14.1 Å². The zero-order valence-electron chi connectivity index (χ0n) is 18.2. The first-order chi connectivity index (χ1) is 14.2. The summed E-state index contributed by atoms with van der Waals surface area (Å²) in [5.74, 6) is 0.358. The van der Waals surface area contributed by atoms with Crippen molar-refractivity contribution in [2.45, 2.75) is 30.7 Å². The number of amides is 1. The highest BCUT2D eigenvalue weighted by atomic mass is 32.2. The Morgan fingerprint density at radius 2 is 1.43 bits per heavy atom. The smallest absolute Gasteiger partial charge is 0.244 e. The molecule has 0 aromatic heterocycles. The van der Waals surface area contributed by atoms with Crippen LogP contribution in [0.15, 0.2) is 59.5 Å². The molecule has 1 aliphatic heterocycles. The number of likely N-dealkylation sites (N-methyl/N-ethyl adjacent to an activating group) is 1. The molecule has 1 heterocycles. The van der Waals surface area contributed by atoms with E-state index in [1.54, 1.807) is 31.1 Å². The maximum absolute atomic E-state index is 13.1. The highest BCUT2D eigenvalue weighted by Gasteiger charge is 2.35. The second-order valence-electron chi connectivity index (χ2n) is 8.21. The minimum atomic E-state index is -3.54. The van der Waals surface area contributed by atoms with E-state index >= 15 is 0 Å². The van der Waals surface area contributed by atoms with Crippen molar-refractivity contribution in [1.29, 1.82) is 0 Å². The molecule has 1 fully saturated rings. The third kappa shape index (κ3) is 4.74. The molecule has 1 atom stereocenters. The third-order valence-electron chi connectivity index (χ3n) is 5.61. The summed E-state index contributed by atoms with van der Waals surface area (Å²) < 4.78 is 27.7. The molecule has 0 saturated carbocycles. The highest BCUT2D eigenvalue weighted by molar-refractivity contribution is 7.89. The maximum Gasteiger partial charge on any atom is 0.244 e. The number of carbonyl (C=O) groups is 1. The number of nitrogens with zero attached hydrogens (tertiary/aromatic N) is 3. The molecule has 0 N–H and O–H groups in total. The van der Waals surface area contributed by atoms with Gasteiger partial charge in [-0.3, -0.25) is 9.69 Å². The number of hydrogen-bond donors (Lipinski definition) is 0. The molecule has 2 aromatic rings.